The van der Waals surface area contributed by atoms with Crippen LogP contribution < -0.4 is 10.6 Å². The van der Waals surface area contributed by atoms with Crippen molar-refractivity contribution in [2.24, 2.45) is 0 Å². The zero-order valence-corrected chi connectivity index (χ0v) is 16.5. The predicted octanol–water partition coefficient (Wildman–Crippen LogP) is 3.58. The quantitative estimate of drug-likeness (QED) is 0.853. The Hall–Kier alpha value is -1.60. The molecule has 1 aromatic rings. The van der Waals surface area contributed by atoms with Gasteiger partial charge < -0.3 is 20.3 Å². The molecule has 1 saturated heterocycles. The molecule has 0 spiro atoms. The van der Waals surface area contributed by atoms with Gasteiger partial charge in [-0.3, -0.25) is 4.79 Å². The smallest absolute Gasteiger partial charge is 0.410 e. The summed E-state index contributed by atoms with van der Waals surface area (Å²) >= 11 is 1.61. The summed E-state index contributed by atoms with van der Waals surface area (Å²) in [4.78, 5) is 26.6. The fourth-order valence-electron chi connectivity index (χ4n) is 3.00. The minimum absolute atomic E-state index is 0.0628. The Labute approximate surface area is 153 Å². The van der Waals surface area contributed by atoms with Gasteiger partial charge in [0.15, 0.2) is 0 Å². The minimum atomic E-state index is -0.485. The van der Waals surface area contributed by atoms with Gasteiger partial charge in [-0.15, -0.1) is 11.3 Å². The molecule has 140 valence electrons. The Morgan fingerprint density at radius 2 is 2.12 bits per heavy atom. The summed E-state index contributed by atoms with van der Waals surface area (Å²) in [5, 5.41) is 8.37. The lowest BCUT2D eigenvalue weighted by atomic mass is 9.98. The standard InChI is InChI=1S/C18H29N3O3S/c1-12-14(7-6-9-21(12)17(23)24-18(3,4)5)19-11-16-15(8-10-25-16)20-13(2)22/h8,10,12,14,19H,6-7,9,11H2,1-5H3,(H,20,22). The maximum atomic E-state index is 12.4. The van der Waals surface area contributed by atoms with Crippen LogP contribution in [-0.2, 0) is 16.1 Å². The first-order valence-electron chi connectivity index (χ1n) is 8.74. The van der Waals surface area contributed by atoms with Crippen molar-refractivity contribution in [3.63, 3.8) is 0 Å². The molecule has 0 saturated carbocycles. The number of likely N-dealkylation sites (tertiary alicyclic amines) is 1. The van der Waals surface area contributed by atoms with Gasteiger partial charge in [-0.1, -0.05) is 0 Å². The number of hydrogen-bond donors (Lipinski definition) is 2. The van der Waals surface area contributed by atoms with Crippen LogP contribution in [0.1, 0.15) is 52.3 Å². The molecule has 0 radical (unpaired) electrons. The van der Waals surface area contributed by atoms with Crippen molar-refractivity contribution in [3.05, 3.63) is 16.3 Å². The van der Waals surface area contributed by atoms with Crippen molar-refractivity contribution in [3.8, 4) is 0 Å². The molecule has 2 N–H and O–H groups in total. The maximum Gasteiger partial charge on any atom is 0.410 e. The molecule has 2 heterocycles. The fraction of sp³-hybridized carbons (Fsp3) is 0.667. The zero-order valence-electron chi connectivity index (χ0n) is 15.7. The Kier molecular flexibility index (Phi) is 6.46. The lowest BCUT2D eigenvalue weighted by molar-refractivity contribution is -0.114. The van der Waals surface area contributed by atoms with Crippen molar-refractivity contribution in [1.29, 1.82) is 0 Å². The molecular weight excluding hydrogens is 338 g/mol. The van der Waals surface area contributed by atoms with Gasteiger partial charge in [-0.25, -0.2) is 4.79 Å². The number of carbonyl (C=O) groups is 2. The first-order chi connectivity index (χ1) is 11.7. The predicted molar refractivity (Wildman–Crippen MR) is 101 cm³/mol. The third-order valence-corrected chi connectivity index (χ3v) is 5.12. The van der Waals surface area contributed by atoms with E-state index in [0.717, 1.165) is 30.0 Å². The van der Waals surface area contributed by atoms with E-state index in [4.69, 9.17) is 4.74 Å². The van der Waals surface area contributed by atoms with Crippen LogP contribution in [0, 0.1) is 0 Å². The molecule has 2 amide bonds. The van der Waals surface area contributed by atoms with Crippen LogP contribution in [-0.4, -0.2) is 41.1 Å². The molecule has 1 aliphatic heterocycles. The molecule has 0 aromatic carbocycles. The van der Waals surface area contributed by atoms with E-state index in [2.05, 4.69) is 17.6 Å². The number of ether oxygens (including phenoxy) is 1. The van der Waals surface area contributed by atoms with Gasteiger partial charge >= 0.3 is 6.09 Å². The van der Waals surface area contributed by atoms with Crippen molar-refractivity contribution >= 4 is 29.0 Å². The van der Waals surface area contributed by atoms with Crippen LogP contribution in [0.4, 0.5) is 10.5 Å². The third kappa shape index (κ3) is 5.71. The molecule has 1 aromatic heterocycles. The first kappa shape index (κ1) is 19.7. The Morgan fingerprint density at radius 1 is 1.40 bits per heavy atom. The number of rotatable bonds is 4. The summed E-state index contributed by atoms with van der Waals surface area (Å²) in [6, 6.07) is 2.18. The number of nitrogens with one attached hydrogen (secondary N) is 2. The summed E-state index contributed by atoms with van der Waals surface area (Å²) in [6.45, 7) is 10.6. The topological polar surface area (TPSA) is 70.7 Å². The monoisotopic (exact) mass is 367 g/mol. The van der Waals surface area contributed by atoms with E-state index >= 15 is 0 Å². The van der Waals surface area contributed by atoms with Crippen molar-refractivity contribution < 1.29 is 14.3 Å². The van der Waals surface area contributed by atoms with E-state index < -0.39 is 5.60 Å². The molecule has 7 heteroatoms. The molecule has 25 heavy (non-hydrogen) atoms. The number of hydrogen-bond acceptors (Lipinski definition) is 5. The number of anilines is 1. The molecule has 2 unspecified atom stereocenters. The van der Waals surface area contributed by atoms with Gasteiger partial charge in [0.2, 0.25) is 5.91 Å². The average Bonchev–Trinajstić information content (AvgIpc) is 2.90. The highest BCUT2D eigenvalue weighted by atomic mass is 32.1. The second kappa shape index (κ2) is 8.19. The summed E-state index contributed by atoms with van der Waals surface area (Å²) < 4.78 is 5.52. The van der Waals surface area contributed by atoms with Crippen LogP contribution >= 0.6 is 11.3 Å². The lowest BCUT2D eigenvalue weighted by Gasteiger charge is -2.40. The van der Waals surface area contributed by atoms with Crippen LogP contribution in [0.3, 0.4) is 0 Å². The van der Waals surface area contributed by atoms with E-state index in [1.54, 1.807) is 11.3 Å². The van der Waals surface area contributed by atoms with Crippen LogP contribution in [0.25, 0.3) is 0 Å². The lowest BCUT2D eigenvalue weighted by Crippen LogP contribution is -2.55. The Balaban J connectivity index is 1.95. The minimum Gasteiger partial charge on any atom is -0.444 e. The van der Waals surface area contributed by atoms with Crippen LogP contribution in [0.2, 0.25) is 0 Å². The van der Waals surface area contributed by atoms with Crippen molar-refractivity contribution in [1.82, 2.24) is 10.2 Å². The normalized spacial score (nSPS) is 21.1. The highest BCUT2D eigenvalue weighted by molar-refractivity contribution is 7.10. The molecule has 0 aliphatic carbocycles. The van der Waals surface area contributed by atoms with E-state index in [9.17, 15) is 9.59 Å². The van der Waals surface area contributed by atoms with Gasteiger partial charge in [0, 0.05) is 37.0 Å². The number of piperidine rings is 1. The third-order valence-electron chi connectivity index (χ3n) is 4.20. The number of nitrogens with zero attached hydrogens (tertiary/aromatic N) is 1. The van der Waals surface area contributed by atoms with E-state index in [1.807, 2.05) is 37.1 Å². The Bertz CT molecular complexity index is 609. The molecule has 0 bridgehead atoms. The Morgan fingerprint density at radius 3 is 2.76 bits per heavy atom. The largest absolute Gasteiger partial charge is 0.444 e. The zero-order chi connectivity index (χ0) is 18.6. The highest BCUT2D eigenvalue weighted by Gasteiger charge is 2.33. The highest BCUT2D eigenvalue weighted by Crippen LogP contribution is 2.25. The number of thiophene rings is 1. The molecule has 1 aliphatic rings. The van der Waals surface area contributed by atoms with Crippen molar-refractivity contribution in [2.75, 3.05) is 11.9 Å². The van der Waals surface area contributed by atoms with Gasteiger partial charge in [0.1, 0.15) is 5.60 Å². The molecular formula is C18H29N3O3S. The van der Waals surface area contributed by atoms with Crippen molar-refractivity contribution in [2.45, 2.75) is 71.7 Å². The summed E-state index contributed by atoms with van der Waals surface area (Å²) in [5.74, 6) is -0.0678. The molecule has 6 nitrogen and oxygen atoms in total. The molecule has 2 rings (SSSR count). The maximum absolute atomic E-state index is 12.4. The number of carbonyl (C=O) groups excluding carboxylic acids is 2. The second-order valence-corrected chi connectivity index (χ2v) is 8.48. The second-order valence-electron chi connectivity index (χ2n) is 7.48. The SMILES string of the molecule is CC(=O)Nc1ccsc1CNC1CCCN(C(=O)OC(C)(C)C)C1C. The first-order valence-corrected chi connectivity index (χ1v) is 9.62. The van der Waals surface area contributed by atoms with Gasteiger partial charge in [0.05, 0.1) is 5.69 Å². The average molecular weight is 368 g/mol. The number of amides is 2. The summed E-state index contributed by atoms with van der Waals surface area (Å²) in [5.41, 5.74) is 0.374. The molecule has 2 atom stereocenters. The van der Waals surface area contributed by atoms with E-state index in [0.29, 0.717) is 6.54 Å². The van der Waals surface area contributed by atoms with Gasteiger partial charge in [-0.05, 0) is 52.0 Å². The fourth-order valence-corrected chi connectivity index (χ4v) is 3.78. The van der Waals surface area contributed by atoms with E-state index in [1.165, 1.54) is 6.92 Å². The van der Waals surface area contributed by atoms with Gasteiger partial charge in [0.25, 0.3) is 0 Å². The van der Waals surface area contributed by atoms with Gasteiger partial charge in [-0.2, -0.15) is 0 Å². The van der Waals surface area contributed by atoms with Crippen LogP contribution in [0.5, 0.6) is 0 Å². The summed E-state index contributed by atoms with van der Waals surface area (Å²) in [7, 11) is 0. The molecule has 1 fully saturated rings. The van der Waals surface area contributed by atoms with Crippen LogP contribution in [0.15, 0.2) is 11.4 Å². The van der Waals surface area contributed by atoms with E-state index in [-0.39, 0.29) is 24.1 Å². The summed E-state index contributed by atoms with van der Waals surface area (Å²) in [6.07, 6.45) is 1.72.